The van der Waals surface area contributed by atoms with Gasteiger partial charge in [0.05, 0.1) is 6.54 Å². The molecule has 1 fully saturated rings. The normalized spacial score (nSPS) is 17.5. The third kappa shape index (κ3) is 3.19. The molecule has 0 amide bonds. The maximum absolute atomic E-state index is 5.99. The molecule has 1 aliphatic rings. The van der Waals surface area contributed by atoms with Crippen molar-refractivity contribution in [3.63, 3.8) is 0 Å². The molecule has 1 aromatic rings. The molecule has 1 aliphatic heterocycles. The summed E-state index contributed by atoms with van der Waals surface area (Å²) in [6.07, 6.45) is 0. The third-order valence-electron chi connectivity index (χ3n) is 2.89. The summed E-state index contributed by atoms with van der Waals surface area (Å²) in [6, 6.07) is 2.03. The van der Waals surface area contributed by atoms with Gasteiger partial charge in [-0.2, -0.15) is 11.8 Å². The number of rotatable bonds is 2. The van der Waals surface area contributed by atoms with Gasteiger partial charge in [-0.3, -0.25) is 0 Å². The summed E-state index contributed by atoms with van der Waals surface area (Å²) in [5.74, 6) is 4.80. The summed E-state index contributed by atoms with van der Waals surface area (Å²) >= 11 is 1.97. The lowest BCUT2D eigenvalue weighted by molar-refractivity contribution is 0.455. The van der Waals surface area contributed by atoms with Gasteiger partial charge in [0.1, 0.15) is 11.5 Å². The SMILES string of the molecule is Cc1cc(CN=C(N)N2CCSCC2)c(C)o1. The number of furan rings is 1. The molecule has 0 unspecified atom stereocenters. The molecule has 0 spiro atoms. The largest absolute Gasteiger partial charge is 0.466 e. The van der Waals surface area contributed by atoms with Gasteiger partial charge in [0.2, 0.25) is 0 Å². The zero-order valence-corrected chi connectivity index (χ0v) is 11.2. The lowest BCUT2D eigenvalue weighted by Crippen LogP contribution is -2.42. The van der Waals surface area contributed by atoms with Crippen molar-refractivity contribution in [1.82, 2.24) is 4.90 Å². The van der Waals surface area contributed by atoms with Crippen molar-refractivity contribution in [3.8, 4) is 0 Å². The van der Waals surface area contributed by atoms with E-state index in [1.54, 1.807) is 0 Å². The molecule has 2 N–H and O–H groups in total. The van der Waals surface area contributed by atoms with Crippen molar-refractivity contribution in [1.29, 1.82) is 0 Å². The van der Waals surface area contributed by atoms with E-state index in [-0.39, 0.29) is 0 Å². The van der Waals surface area contributed by atoms with E-state index in [0.717, 1.165) is 41.7 Å². The van der Waals surface area contributed by atoms with Crippen LogP contribution in [0.5, 0.6) is 0 Å². The van der Waals surface area contributed by atoms with E-state index in [9.17, 15) is 0 Å². The molecule has 0 radical (unpaired) electrons. The number of aryl methyl sites for hydroxylation is 2. The fourth-order valence-corrected chi connectivity index (χ4v) is 2.80. The van der Waals surface area contributed by atoms with Crippen LogP contribution in [0.4, 0.5) is 0 Å². The van der Waals surface area contributed by atoms with Gasteiger partial charge in [-0.05, 0) is 19.9 Å². The molecular formula is C12H19N3OS. The summed E-state index contributed by atoms with van der Waals surface area (Å²) in [4.78, 5) is 6.59. The van der Waals surface area contributed by atoms with Crippen LogP contribution in [0.25, 0.3) is 0 Å². The zero-order chi connectivity index (χ0) is 12.3. The van der Waals surface area contributed by atoms with Crippen molar-refractivity contribution in [2.75, 3.05) is 24.6 Å². The molecule has 17 heavy (non-hydrogen) atoms. The molecule has 2 heterocycles. The number of aliphatic imine (C=N–C) groups is 1. The molecule has 4 nitrogen and oxygen atoms in total. The van der Waals surface area contributed by atoms with Crippen LogP contribution in [0.1, 0.15) is 17.1 Å². The van der Waals surface area contributed by atoms with E-state index in [2.05, 4.69) is 9.89 Å². The molecule has 0 aromatic carbocycles. The second-order valence-electron chi connectivity index (χ2n) is 4.21. The minimum Gasteiger partial charge on any atom is -0.466 e. The number of hydrogen-bond acceptors (Lipinski definition) is 3. The second kappa shape index (κ2) is 5.49. The molecule has 0 bridgehead atoms. The molecule has 0 saturated carbocycles. The maximum Gasteiger partial charge on any atom is 0.191 e. The predicted octanol–water partition coefficient (Wildman–Crippen LogP) is 1.76. The van der Waals surface area contributed by atoms with Crippen LogP contribution < -0.4 is 5.73 Å². The van der Waals surface area contributed by atoms with Gasteiger partial charge < -0.3 is 15.1 Å². The van der Waals surface area contributed by atoms with Gasteiger partial charge in [-0.15, -0.1) is 0 Å². The van der Waals surface area contributed by atoms with Gasteiger partial charge in [0, 0.05) is 30.2 Å². The van der Waals surface area contributed by atoms with Crippen molar-refractivity contribution >= 4 is 17.7 Å². The highest BCUT2D eigenvalue weighted by molar-refractivity contribution is 7.99. The molecule has 1 aromatic heterocycles. The summed E-state index contributed by atoms with van der Waals surface area (Å²) in [6.45, 7) is 6.53. The predicted molar refractivity (Wildman–Crippen MR) is 72.4 cm³/mol. The third-order valence-corrected chi connectivity index (χ3v) is 3.83. The van der Waals surface area contributed by atoms with Gasteiger partial charge in [0.15, 0.2) is 5.96 Å². The Bertz CT molecular complexity index is 408. The first-order valence-electron chi connectivity index (χ1n) is 5.85. The first-order chi connectivity index (χ1) is 8.16. The van der Waals surface area contributed by atoms with Crippen LogP contribution in [-0.4, -0.2) is 35.5 Å². The Morgan fingerprint density at radius 2 is 2.18 bits per heavy atom. The molecule has 1 saturated heterocycles. The number of thioether (sulfide) groups is 1. The molecule has 0 aliphatic carbocycles. The van der Waals surface area contributed by atoms with Gasteiger partial charge >= 0.3 is 0 Å². The van der Waals surface area contributed by atoms with E-state index in [1.807, 2.05) is 31.7 Å². The van der Waals surface area contributed by atoms with Crippen molar-refractivity contribution in [2.24, 2.45) is 10.7 Å². The quantitative estimate of drug-likeness (QED) is 0.644. The Hall–Kier alpha value is -1.10. The van der Waals surface area contributed by atoms with E-state index in [1.165, 1.54) is 0 Å². The Kier molecular flexibility index (Phi) is 3.99. The first-order valence-corrected chi connectivity index (χ1v) is 7.01. The highest BCUT2D eigenvalue weighted by Crippen LogP contribution is 2.15. The summed E-state index contributed by atoms with van der Waals surface area (Å²) in [5, 5.41) is 0. The molecule has 2 rings (SSSR count). The fourth-order valence-electron chi connectivity index (χ4n) is 1.90. The van der Waals surface area contributed by atoms with Crippen LogP contribution in [-0.2, 0) is 6.54 Å². The Morgan fingerprint density at radius 1 is 1.47 bits per heavy atom. The number of nitrogens with two attached hydrogens (primary N) is 1. The molecule has 0 atom stereocenters. The van der Waals surface area contributed by atoms with E-state index < -0.39 is 0 Å². The van der Waals surface area contributed by atoms with Crippen LogP contribution in [0.2, 0.25) is 0 Å². The Balaban J connectivity index is 1.97. The second-order valence-corrected chi connectivity index (χ2v) is 5.44. The molecular weight excluding hydrogens is 234 g/mol. The van der Waals surface area contributed by atoms with Crippen LogP contribution in [0.3, 0.4) is 0 Å². The number of nitrogens with zero attached hydrogens (tertiary/aromatic N) is 2. The van der Waals surface area contributed by atoms with Gasteiger partial charge in [-0.1, -0.05) is 0 Å². The van der Waals surface area contributed by atoms with Gasteiger partial charge in [0.25, 0.3) is 0 Å². The monoisotopic (exact) mass is 253 g/mol. The Morgan fingerprint density at radius 3 is 2.76 bits per heavy atom. The topological polar surface area (TPSA) is 54.8 Å². The average Bonchev–Trinajstić information content (AvgIpc) is 2.66. The highest BCUT2D eigenvalue weighted by Gasteiger charge is 2.12. The summed E-state index contributed by atoms with van der Waals surface area (Å²) < 4.78 is 5.47. The van der Waals surface area contributed by atoms with Crippen LogP contribution in [0.15, 0.2) is 15.5 Å². The van der Waals surface area contributed by atoms with Crippen LogP contribution >= 0.6 is 11.8 Å². The Labute approximate surface area is 106 Å². The lowest BCUT2D eigenvalue weighted by Gasteiger charge is -2.27. The van der Waals surface area contributed by atoms with Crippen molar-refractivity contribution in [2.45, 2.75) is 20.4 Å². The first kappa shape index (κ1) is 12.4. The van der Waals surface area contributed by atoms with Crippen molar-refractivity contribution in [3.05, 3.63) is 23.2 Å². The number of hydrogen-bond donors (Lipinski definition) is 1. The minimum atomic E-state index is 0.610. The lowest BCUT2D eigenvalue weighted by atomic mass is 10.2. The van der Waals surface area contributed by atoms with E-state index in [4.69, 9.17) is 10.2 Å². The average molecular weight is 253 g/mol. The number of guanidine groups is 1. The van der Waals surface area contributed by atoms with E-state index >= 15 is 0 Å². The fraction of sp³-hybridized carbons (Fsp3) is 0.583. The van der Waals surface area contributed by atoms with Crippen LogP contribution in [0, 0.1) is 13.8 Å². The summed E-state index contributed by atoms with van der Waals surface area (Å²) in [7, 11) is 0. The van der Waals surface area contributed by atoms with Crippen molar-refractivity contribution < 1.29 is 4.42 Å². The maximum atomic E-state index is 5.99. The standard InChI is InChI=1S/C12H19N3OS/c1-9-7-11(10(2)16-9)8-14-12(13)15-3-5-17-6-4-15/h7H,3-6,8H2,1-2H3,(H2,13,14). The van der Waals surface area contributed by atoms with Gasteiger partial charge in [-0.25, -0.2) is 4.99 Å². The molecule has 94 valence electrons. The minimum absolute atomic E-state index is 0.610. The van der Waals surface area contributed by atoms with E-state index in [0.29, 0.717) is 12.5 Å². The highest BCUT2D eigenvalue weighted by atomic mass is 32.2. The zero-order valence-electron chi connectivity index (χ0n) is 10.4. The smallest absolute Gasteiger partial charge is 0.191 e. The summed E-state index contributed by atoms with van der Waals surface area (Å²) in [5.41, 5.74) is 7.11. The molecule has 5 heteroatoms.